The molecule has 2 aliphatic rings. The zero-order valence-electron chi connectivity index (χ0n) is 14.2. The van der Waals surface area contributed by atoms with Crippen LogP contribution in [-0.2, 0) is 0 Å². The van der Waals surface area contributed by atoms with Crippen molar-refractivity contribution in [2.45, 2.75) is 37.8 Å². The van der Waals surface area contributed by atoms with E-state index in [0.29, 0.717) is 24.2 Å². The summed E-state index contributed by atoms with van der Waals surface area (Å²) >= 11 is 5.92. The van der Waals surface area contributed by atoms with E-state index in [1.807, 2.05) is 18.2 Å². The van der Waals surface area contributed by atoms with Crippen molar-refractivity contribution in [3.05, 3.63) is 29.3 Å². The van der Waals surface area contributed by atoms with Crippen LogP contribution < -0.4 is 10.1 Å². The van der Waals surface area contributed by atoms with Gasteiger partial charge in [-0.3, -0.25) is 0 Å². The third-order valence-corrected chi connectivity index (χ3v) is 4.99. The molecule has 24 heavy (non-hydrogen) atoms. The molecule has 0 spiro atoms. The van der Waals surface area contributed by atoms with Crippen LogP contribution in [0, 0.1) is 0 Å². The molecule has 1 heterocycles. The highest BCUT2D eigenvalue weighted by atomic mass is 35.5. The maximum absolute atomic E-state index is 12.3. The average Bonchev–Trinajstić information content (AvgIpc) is 3.40. The molecule has 0 unspecified atom stereocenters. The number of benzene rings is 1. The Balaban J connectivity index is 1.34. The Kier molecular flexibility index (Phi) is 5.85. The number of nitrogens with zero attached hydrogens (tertiary/aromatic N) is 2. The van der Waals surface area contributed by atoms with Gasteiger partial charge in [0.05, 0.1) is 6.54 Å². The number of halogens is 1. The molecule has 1 aromatic carbocycles. The van der Waals surface area contributed by atoms with Crippen LogP contribution >= 0.6 is 11.6 Å². The van der Waals surface area contributed by atoms with Gasteiger partial charge in [0.15, 0.2) is 0 Å². The number of carbonyl (C=O) groups is 1. The summed E-state index contributed by atoms with van der Waals surface area (Å²) in [6.07, 6.45) is 4.81. The first kappa shape index (κ1) is 17.4. The van der Waals surface area contributed by atoms with Gasteiger partial charge < -0.3 is 19.9 Å². The first-order chi connectivity index (χ1) is 11.6. The van der Waals surface area contributed by atoms with Crippen molar-refractivity contribution < 1.29 is 9.53 Å². The summed E-state index contributed by atoms with van der Waals surface area (Å²) in [5.74, 6) is 0.726. The number of rotatable bonds is 6. The minimum absolute atomic E-state index is 0.0189. The Labute approximate surface area is 148 Å². The lowest BCUT2D eigenvalue weighted by Crippen LogP contribution is -2.49. The second-order valence-electron chi connectivity index (χ2n) is 6.72. The van der Waals surface area contributed by atoms with Crippen LogP contribution in [0.3, 0.4) is 0 Å². The van der Waals surface area contributed by atoms with E-state index in [1.54, 1.807) is 18.0 Å². The predicted octanol–water partition coefficient (Wildman–Crippen LogP) is 2.99. The number of ether oxygens (including phenoxy) is 1. The lowest BCUT2D eigenvalue weighted by atomic mass is 10.1. The summed E-state index contributed by atoms with van der Waals surface area (Å²) in [6.45, 7) is 3.21. The third-order valence-electron chi connectivity index (χ3n) is 4.76. The highest BCUT2D eigenvalue weighted by molar-refractivity contribution is 6.30. The third kappa shape index (κ3) is 5.02. The van der Waals surface area contributed by atoms with E-state index in [-0.39, 0.29) is 6.03 Å². The predicted molar refractivity (Wildman–Crippen MR) is 95.7 cm³/mol. The molecule has 0 radical (unpaired) electrons. The Hall–Kier alpha value is -1.46. The molecule has 0 atom stereocenters. The molecule has 132 valence electrons. The molecule has 3 rings (SSSR count). The van der Waals surface area contributed by atoms with E-state index in [4.69, 9.17) is 16.3 Å². The van der Waals surface area contributed by atoms with E-state index >= 15 is 0 Å². The summed E-state index contributed by atoms with van der Waals surface area (Å²) in [5, 5.41) is 3.79. The molecular weight excluding hydrogens is 326 g/mol. The smallest absolute Gasteiger partial charge is 0.317 e. The highest BCUT2D eigenvalue weighted by Crippen LogP contribution is 2.29. The van der Waals surface area contributed by atoms with Crippen LogP contribution in [0.15, 0.2) is 24.3 Å². The molecule has 6 heteroatoms. The van der Waals surface area contributed by atoms with Gasteiger partial charge in [0.25, 0.3) is 0 Å². The molecule has 1 saturated carbocycles. The maximum Gasteiger partial charge on any atom is 0.317 e. The molecule has 0 aromatic heterocycles. The lowest BCUT2D eigenvalue weighted by molar-refractivity contribution is 0.168. The molecule has 1 aliphatic heterocycles. The van der Waals surface area contributed by atoms with Gasteiger partial charge >= 0.3 is 6.03 Å². The second-order valence-corrected chi connectivity index (χ2v) is 7.15. The summed E-state index contributed by atoms with van der Waals surface area (Å²) in [5.41, 5.74) is 0. The maximum atomic E-state index is 12.3. The monoisotopic (exact) mass is 351 g/mol. The van der Waals surface area contributed by atoms with Crippen molar-refractivity contribution in [2.24, 2.45) is 0 Å². The zero-order valence-corrected chi connectivity index (χ0v) is 15.0. The summed E-state index contributed by atoms with van der Waals surface area (Å²) in [7, 11) is 1.80. The molecule has 1 N–H and O–H groups in total. The van der Waals surface area contributed by atoms with Gasteiger partial charge in [0, 0.05) is 37.2 Å². The van der Waals surface area contributed by atoms with E-state index in [9.17, 15) is 4.79 Å². The number of hydrogen-bond acceptors (Lipinski definition) is 3. The minimum Gasteiger partial charge on any atom is -0.492 e. The minimum atomic E-state index is -0.0189. The van der Waals surface area contributed by atoms with Crippen LogP contribution in [-0.4, -0.2) is 61.2 Å². The normalized spacial score (nSPS) is 19.1. The van der Waals surface area contributed by atoms with Crippen molar-refractivity contribution in [3.63, 3.8) is 0 Å². The fourth-order valence-corrected chi connectivity index (χ4v) is 3.27. The van der Waals surface area contributed by atoms with E-state index in [1.165, 1.54) is 12.8 Å². The Morgan fingerprint density at radius 3 is 2.75 bits per heavy atom. The number of likely N-dealkylation sites (tertiary alicyclic amines) is 1. The number of likely N-dealkylation sites (N-methyl/N-ethyl adjacent to an activating group) is 1. The van der Waals surface area contributed by atoms with Crippen LogP contribution in [0.5, 0.6) is 5.75 Å². The molecule has 0 bridgehead atoms. The summed E-state index contributed by atoms with van der Waals surface area (Å²) < 4.78 is 5.63. The second kappa shape index (κ2) is 8.08. The molecule has 1 aromatic rings. The van der Waals surface area contributed by atoms with Gasteiger partial charge in [-0.2, -0.15) is 0 Å². The van der Waals surface area contributed by atoms with Crippen LogP contribution in [0.1, 0.15) is 25.7 Å². The average molecular weight is 352 g/mol. The van der Waals surface area contributed by atoms with E-state index < -0.39 is 0 Å². The van der Waals surface area contributed by atoms with Gasteiger partial charge in [-0.15, -0.1) is 0 Å². The molecule has 2 amide bonds. The summed E-state index contributed by atoms with van der Waals surface area (Å²) in [4.78, 5) is 16.5. The standard InChI is InChI=1S/C18H26ClN3O2/c1-21(11-12-24-17-4-2-3-14(19)13-17)18(23)20-15-7-9-22(10-8-15)16-5-6-16/h2-4,13,15-16H,5-12H2,1H3,(H,20,23). The van der Waals surface area contributed by atoms with Crippen LogP contribution in [0.25, 0.3) is 0 Å². The fourth-order valence-electron chi connectivity index (χ4n) is 3.09. The SMILES string of the molecule is CN(CCOc1cccc(Cl)c1)C(=O)NC1CCN(C2CC2)CC1. The Bertz CT molecular complexity index is 557. The van der Waals surface area contributed by atoms with Crippen molar-refractivity contribution in [2.75, 3.05) is 33.3 Å². The topological polar surface area (TPSA) is 44.8 Å². The quantitative estimate of drug-likeness (QED) is 0.857. The number of hydrogen-bond donors (Lipinski definition) is 1. The Morgan fingerprint density at radius 1 is 1.33 bits per heavy atom. The number of carbonyl (C=O) groups excluding carboxylic acids is 1. The Morgan fingerprint density at radius 2 is 2.08 bits per heavy atom. The van der Waals surface area contributed by atoms with Crippen molar-refractivity contribution in [1.29, 1.82) is 0 Å². The molecule has 1 saturated heterocycles. The lowest BCUT2D eigenvalue weighted by Gasteiger charge is -2.33. The first-order valence-corrected chi connectivity index (χ1v) is 9.13. The number of piperidine rings is 1. The molecule has 5 nitrogen and oxygen atoms in total. The fraction of sp³-hybridized carbons (Fsp3) is 0.611. The zero-order chi connectivity index (χ0) is 16.9. The van der Waals surface area contributed by atoms with Gasteiger partial charge in [0.1, 0.15) is 12.4 Å². The van der Waals surface area contributed by atoms with Crippen molar-refractivity contribution in [1.82, 2.24) is 15.1 Å². The van der Waals surface area contributed by atoms with Crippen molar-refractivity contribution in [3.8, 4) is 5.75 Å². The first-order valence-electron chi connectivity index (χ1n) is 8.76. The summed E-state index contributed by atoms with van der Waals surface area (Å²) in [6, 6.07) is 8.39. The van der Waals surface area contributed by atoms with Gasteiger partial charge in [-0.05, 0) is 43.9 Å². The van der Waals surface area contributed by atoms with Crippen LogP contribution in [0.2, 0.25) is 5.02 Å². The molecule has 1 aliphatic carbocycles. The van der Waals surface area contributed by atoms with E-state index in [0.717, 1.165) is 37.7 Å². The molecule has 2 fully saturated rings. The van der Waals surface area contributed by atoms with Gasteiger partial charge in [-0.1, -0.05) is 17.7 Å². The molecular formula is C18H26ClN3O2. The number of nitrogens with one attached hydrogen (secondary N) is 1. The highest BCUT2D eigenvalue weighted by Gasteiger charge is 2.32. The van der Waals surface area contributed by atoms with E-state index in [2.05, 4.69) is 10.2 Å². The number of amides is 2. The van der Waals surface area contributed by atoms with Gasteiger partial charge in [0.2, 0.25) is 0 Å². The largest absolute Gasteiger partial charge is 0.492 e. The van der Waals surface area contributed by atoms with Crippen LogP contribution in [0.4, 0.5) is 4.79 Å². The van der Waals surface area contributed by atoms with Gasteiger partial charge in [-0.25, -0.2) is 4.79 Å². The van der Waals surface area contributed by atoms with Crippen molar-refractivity contribution >= 4 is 17.6 Å². The number of urea groups is 1.